The standard InChI is InChI=1S/C21H28F4N4O4/c1-21(2,3)11-28(9-15(22)23)17(19(26)31)20(32)27-12-4-5-14(13(8-12)18(24)25)29-6-7-33-10-16(29)30/h4-5,8,15,17-18H,6-7,9-11H2,1-3H3,(H2,26,31)(H,27,32)/t17-/m1/s1. The lowest BCUT2D eigenvalue weighted by atomic mass is 9.95. The highest BCUT2D eigenvalue weighted by molar-refractivity contribution is 6.09. The minimum Gasteiger partial charge on any atom is -0.370 e. The van der Waals surface area contributed by atoms with E-state index in [2.05, 4.69) is 5.32 Å². The molecule has 1 aromatic rings. The number of morpholine rings is 1. The Bertz CT molecular complexity index is 876. The van der Waals surface area contributed by atoms with Crippen molar-refractivity contribution in [2.75, 3.05) is 43.1 Å². The molecule has 3 amide bonds. The first-order valence-electron chi connectivity index (χ1n) is 10.2. The molecule has 0 saturated carbocycles. The Balaban J connectivity index is 2.32. The number of amides is 3. The fourth-order valence-corrected chi connectivity index (χ4v) is 3.56. The number of nitrogens with one attached hydrogen (secondary N) is 1. The van der Waals surface area contributed by atoms with Gasteiger partial charge in [-0.25, -0.2) is 17.6 Å². The van der Waals surface area contributed by atoms with Gasteiger partial charge in [-0.3, -0.25) is 19.3 Å². The number of hydrogen-bond donors (Lipinski definition) is 2. The Morgan fingerprint density at radius 3 is 2.42 bits per heavy atom. The number of halogens is 4. The summed E-state index contributed by atoms with van der Waals surface area (Å²) in [5, 5.41) is 2.31. The van der Waals surface area contributed by atoms with E-state index in [1.165, 1.54) is 12.1 Å². The zero-order valence-electron chi connectivity index (χ0n) is 18.6. The van der Waals surface area contributed by atoms with Gasteiger partial charge < -0.3 is 20.7 Å². The van der Waals surface area contributed by atoms with Crippen molar-refractivity contribution in [1.29, 1.82) is 0 Å². The van der Waals surface area contributed by atoms with Crippen LogP contribution in [0.15, 0.2) is 18.2 Å². The van der Waals surface area contributed by atoms with Crippen LogP contribution in [-0.2, 0) is 19.1 Å². The van der Waals surface area contributed by atoms with Gasteiger partial charge in [0.15, 0.2) is 6.04 Å². The van der Waals surface area contributed by atoms with E-state index in [4.69, 9.17) is 10.5 Å². The van der Waals surface area contributed by atoms with Gasteiger partial charge >= 0.3 is 0 Å². The molecular weight excluding hydrogens is 448 g/mol. The summed E-state index contributed by atoms with van der Waals surface area (Å²) >= 11 is 0. The molecule has 33 heavy (non-hydrogen) atoms. The molecule has 184 valence electrons. The molecule has 0 spiro atoms. The number of alkyl halides is 4. The van der Waals surface area contributed by atoms with Crippen LogP contribution in [0.1, 0.15) is 32.8 Å². The van der Waals surface area contributed by atoms with E-state index in [1.807, 2.05) is 0 Å². The third-order valence-electron chi connectivity index (χ3n) is 4.74. The third-order valence-corrected chi connectivity index (χ3v) is 4.74. The molecule has 1 atom stereocenters. The number of nitrogens with zero attached hydrogens (tertiary/aromatic N) is 2. The van der Waals surface area contributed by atoms with Crippen molar-refractivity contribution in [3.05, 3.63) is 23.8 Å². The van der Waals surface area contributed by atoms with Crippen molar-refractivity contribution < 1.29 is 36.7 Å². The number of nitrogens with two attached hydrogens (primary N) is 1. The van der Waals surface area contributed by atoms with Gasteiger partial charge in [0.25, 0.3) is 24.7 Å². The minimum atomic E-state index is -2.98. The van der Waals surface area contributed by atoms with E-state index in [-0.39, 0.29) is 37.7 Å². The van der Waals surface area contributed by atoms with E-state index in [0.29, 0.717) is 0 Å². The first-order chi connectivity index (χ1) is 15.3. The highest BCUT2D eigenvalue weighted by Crippen LogP contribution is 2.33. The summed E-state index contributed by atoms with van der Waals surface area (Å²) in [6, 6.07) is 1.75. The Kier molecular flexibility index (Phi) is 8.78. The lowest BCUT2D eigenvalue weighted by Crippen LogP contribution is -2.55. The molecule has 1 aliphatic rings. The molecule has 1 fully saturated rings. The molecule has 8 nitrogen and oxygen atoms in total. The molecule has 1 aliphatic heterocycles. The first kappa shape index (κ1) is 26.5. The van der Waals surface area contributed by atoms with Gasteiger partial charge in [0.05, 0.1) is 18.8 Å². The van der Waals surface area contributed by atoms with Crippen LogP contribution < -0.4 is 16.0 Å². The second-order valence-electron chi connectivity index (χ2n) is 8.85. The lowest BCUT2D eigenvalue weighted by Gasteiger charge is -2.33. The zero-order valence-corrected chi connectivity index (χ0v) is 18.6. The first-order valence-corrected chi connectivity index (χ1v) is 10.2. The van der Waals surface area contributed by atoms with Gasteiger partial charge in [-0.2, -0.15) is 0 Å². The number of benzene rings is 1. The maximum atomic E-state index is 13.7. The molecule has 0 aromatic heterocycles. The molecule has 2 rings (SSSR count). The summed E-state index contributed by atoms with van der Waals surface area (Å²) in [5.74, 6) is -2.66. The highest BCUT2D eigenvalue weighted by atomic mass is 19.3. The Morgan fingerprint density at radius 1 is 1.24 bits per heavy atom. The van der Waals surface area contributed by atoms with Crippen LogP contribution in [0, 0.1) is 5.41 Å². The van der Waals surface area contributed by atoms with Crippen LogP contribution in [-0.4, -0.2) is 67.9 Å². The van der Waals surface area contributed by atoms with Gasteiger partial charge in [0.2, 0.25) is 5.91 Å². The van der Waals surface area contributed by atoms with Crippen molar-refractivity contribution in [2.24, 2.45) is 11.1 Å². The number of anilines is 2. The predicted molar refractivity (Wildman–Crippen MR) is 113 cm³/mol. The van der Waals surface area contributed by atoms with E-state index < -0.39 is 54.1 Å². The fraction of sp³-hybridized carbons (Fsp3) is 0.571. The summed E-state index contributed by atoms with van der Waals surface area (Å²) in [6.07, 6.45) is -5.81. The number of carbonyl (C=O) groups excluding carboxylic acids is 3. The van der Waals surface area contributed by atoms with Crippen molar-refractivity contribution in [3.8, 4) is 0 Å². The molecule has 0 aliphatic carbocycles. The van der Waals surface area contributed by atoms with Crippen LogP contribution >= 0.6 is 0 Å². The zero-order chi connectivity index (χ0) is 24.9. The average molecular weight is 476 g/mol. The van der Waals surface area contributed by atoms with Crippen LogP contribution in [0.3, 0.4) is 0 Å². The summed E-state index contributed by atoms with van der Waals surface area (Å²) in [5.41, 5.74) is 4.15. The largest absolute Gasteiger partial charge is 0.370 e. The molecule has 3 N–H and O–H groups in total. The highest BCUT2D eigenvalue weighted by Gasteiger charge is 2.35. The van der Waals surface area contributed by atoms with Crippen LogP contribution in [0.2, 0.25) is 0 Å². The number of primary amides is 1. The Labute approximate surface area is 189 Å². The molecule has 0 unspecified atom stereocenters. The second-order valence-corrected chi connectivity index (χ2v) is 8.85. The molecule has 0 bridgehead atoms. The monoisotopic (exact) mass is 476 g/mol. The van der Waals surface area contributed by atoms with Crippen molar-refractivity contribution in [1.82, 2.24) is 4.90 Å². The lowest BCUT2D eigenvalue weighted by molar-refractivity contribution is -0.134. The topological polar surface area (TPSA) is 105 Å². The van der Waals surface area contributed by atoms with E-state index in [0.717, 1.165) is 15.9 Å². The van der Waals surface area contributed by atoms with Gasteiger partial charge in [-0.15, -0.1) is 0 Å². The molecule has 1 saturated heterocycles. The SMILES string of the molecule is CC(C)(C)CN(CC(F)F)[C@H](C(N)=O)C(=O)Nc1ccc(N2CCOCC2=O)c(C(F)F)c1. The van der Waals surface area contributed by atoms with Crippen molar-refractivity contribution in [2.45, 2.75) is 39.7 Å². The van der Waals surface area contributed by atoms with Crippen molar-refractivity contribution >= 4 is 29.1 Å². The number of carbonyl (C=O) groups is 3. The van der Waals surface area contributed by atoms with Crippen LogP contribution in [0.4, 0.5) is 28.9 Å². The van der Waals surface area contributed by atoms with Crippen LogP contribution in [0.5, 0.6) is 0 Å². The maximum absolute atomic E-state index is 13.7. The minimum absolute atomic E-state index is 0.0326. The third kappa shape index (κ3) is 7.39. The van der Waals surface area contributed by atoms with Crippen molar-refractivity contribution in [3.63, 3.8) is 0 Å². The quantitative estimate of drug-likeness (QED) is 0.421. The van der Waals surface area contributed by atoms with E-state index >= 15 is 0 Å². The molecular formula is C21H28F4N4O4. The number of rotatable bonds is 9. The van der Waals surface area contributed by atoms with Gasteiger partial charge in [-0.1, -0.05) is 20.8 Å². The molecule has 0 radical (unpaired) electrons. The van der Waals surface area contributed by atoms with E-state index in [1.54, 1.807) is 20.8 Å². The molecule has 12 heteroatoms. The van der Waals surface area contributed by atoms with Crippen LogP contribution in [0.25, 0.3) is 0 Å². The predicted octanol–water partition coefficient (Wildman–Crippen LogP) is 2.39. The van der Waals surface area contributed by atoms with E-state index in [9.17, 15) is 31.9 Å². The molecule has 1 heterocycles. The Hall–Kier alpha value is -2.73. The van der Waals surface area contributed by atoms with Gasteiger partial charge in [-0.05, 0) is 23.6 Å². The Morgan fingerprint density at radius 2 is 1.91 bits per heavy atom. The average Bonchev–Trinajstić information content (AvgIpc) is 2.66. The molecule has 1 aromatic carbocycles. The second kappa shape index (κ2) is 10.9. The summed E-state index contributed by atoms with van der Waals surface area (Å²) in [4.78, 5) is 39.0. The number of ether oxygens (including phenoxy) is 1. The van der Waals surface area contributed by atoms with Gasteiger partial charge in [0, 0.05) is 24.3 Å². The number of hydrogen-bond acceptors (Lipinski definition) is 5. The maximum Gasteiger partial charge on any atom is 0.265 e. The summed E-state index contributed by atoms with van der Waals surface area (Å²) in [6.45, 7) is 4.32. The normalized spacial score (nSPS) is 15.9. The summed E-state index contributed by atoms with van der Waals surface area (Å²) < 4.78 is 58.7. The van der Waals surface area contributed by atoms with Gasteiger partial charge in [0.1, 0.15) is 6.61 Å². The summed E-state index contributed by atoms with van der Waals surface area (Å²) in [7, 11) is 0. The fourth-order valence-electron chi connectivity index (χ4n) is 3.56. The smallest absolute Gasteiger partial charge is 0.265 e.